The van der Waals surface area contributed by atoms with Crippen LogP contribution in [0.4, 0.5) is 18.3 Å². The smallest absolute Gasteiger partial charge is 0.336 e. The predicted molar refractivity (Wildman–Crippen MR) is 109 cm³/mol. The number of thiazole rings is 1. The van der Waals surface area contributed by atoms with Gasteiger partial charge in [-0.2, -0.15) is 5.10 Å². The first kappa shape index (κ1) is 20.1. The number of alkyl halides is 2. The highest BCUT2D eigenvalue weighted by molar-refractivity contribution is 7.14. The molecule has 1 aliphatic rings. The van der Waals surface area contributed by atoms with Gasteiger partial charge in [-0.15, -0.1) is 11.3 Å². The molecule has 0 aliphatic heterocycles. The fourth-order valence-electron chi connectivity index (χ4n) is 3.03. The Hall–Kier alpha value is -3.20. The molecule has 1 aromatic heterocycles. The van der Waals surface area contributed by atoms with Gasteiger partial charge < -0.3 is 5.11 Å². The molecular formula is C21H16F3N3O2S. The Morgan fingerprint density at radius 3 is 2.73 bits per heavy atom. The zero-order valence-corrected chi connectivity index (χ0v) is 16.5. The minimum absolute atomic E-state index is 0.105. The molecular weight excluding hydrogens is 415 g/mol. The highest BCUT2D eigenvalue weighted by Crippen LogP contribution is 2.48. The van der Waals surface area contributed by atoms with E-state index < -0.39 is 23.8 Å². The number of nitrogens with zero attached hydrogens (tertiary/aromatic N) is 3. The second-order valence-corrected chi connectivity index (χ2v) is 7.77. The van der Waals surface area contributed by atoms with Gasteiger partial charge in [-0.3, -0.25) is 0 Å². The maximum absolute atomic E-state index is 13.8. The van der Waals surface area contributed by atoms with E-state index in [0.29, 0.717) is 5.69 Å². The summed E-state index contributed by atoms with van der Waals surface area (Å²) in [5, 5.41) is 16.5. The maximum atomic E-state index is 13.8. The van der Waals surface area contributed by atoms with Crippen LogP contribution in [0.2, 0.25) is 0 Å². The minimum Gasteiger partial charge on any atom is -0.478 e. The lowest BCUT2D eigenvalue weighted by Gasteiger charge is -2.15. The Bertz CT molecular complexity index is 1150. The molecule has 3 aromatic rings. The second-order valence-electron chi connectivity index (χ2n) is 6.94. The van der Waals surface area contributed by atoms with Gasteiger partial charge in [0.2, 0.25) is 5.13 Å². The van der Waals surface area contributed by atoms with E-state index in [1.165, 1.54) is 17.4 Å². The number of hydrazone groups is 1. The monoisotopic (exact) mass is 431 g/mol. The number of carboxylic acid groups (broad SMARTS) is 1. The van der Waals surface area contributed by atoms with E-state index in [1.807, 2.05) is 31.2 Å². The molecule has 4 rings (SSSR count). The summed E-state index contributed by atoms with van der Waals surface area (Å²) >= 11 is 1.17. The van der Waals surface area contributed by atoms with Crippen LogP contribution in [0.5, 0.6) is 0 Å². The van der Waals surface area contributed by atoms with Crippen LogP contribution in [0.1, 0.15) is 27.9 Å². The molecule has 5 nitrogen and oxygen atoms in total. The van der Waals surface area contributed by atoms with Crippen molar-refractivity contribution in [1.82, 2.24) is 4.98 Å². The third-order valence-electron chi connectivity index (χ3n) is 4.76. The van der Waals surface area contributed by atoms with E-state index in [1.54, 1.807) is 5.38 Å². The summed E-state index contributed by atoms with van der Waals surface area (Å²) in [5.41, 5.74) is 2.33. The second kappa shape index (κ2) is 7.56. The Morgan fingerprint density at radius 1 is 1.33 bits per heavy atom. The molecule has 1 heterocycles. The Morgan fingerprint density at radius 2 is 2.07 bits per heavy atom. The van der Waals surface area contributed by atoms with Crippen LogP contribution in [-0.2, 0) is 0 Å². The molecule has 1 fully saturated rings. The molecule has 0 radical (unpaired) electrons. The quantitative estimate of drug-likeness (QED) is 0.430. The van der Waals surface area contributed by atoms with Gasteiger partial charge in [0.1, 0.15) is 11.9 Å². The van der Waals surface area contributed by atoms with E-state index >= 15 is 0 Å². The maximum Gasteiger partial charge on any atom is 0.336 e. The first-order valence-corrected chi connectivity index (χ1v) is 9.89. The van der Waals surface area contributed by atoms with Crippen molar-refractivity contribution in [2.45, 2.75) is 25.3 Å². The van der Waals surface area contributed by atoms with Crippen LogP contribution in [0, 0.1) is 12.7 Å². The first-order valence-electron chi connectivity index (χ1n) is 9.01. The van der Waals surface area contributed by atoms with E-state index in [0.717, 1.165) is 34.5 Å². The number of aromatic nitrogens is 1. The van der Waals surface area contributed by atoms with E-state index in [9.17, 15) is 23.1 Å². The third kappa shape index (κ3) is 3.93. The molecule has 30 heavy (non-hydrogen) atoms. The van der Waals surface area contributed by atoms with Gasteiger partial charge in [0.05, 0.1) is 17.5 Å². The zero-order valence-electron chi connectivity index (χ0n) is 15.7. The van der Waals surface area contributed by atoms with E-state index in [4.69, 9.17) is 0 Å². The van der Waals surface area contributed by atoms with Crippen LogP contribution < -0.4 is 5.01 Å². The van der Waals surface area contributed by atoms with Crippen molar-refractivity contribution in [3.63, 3.8) is 0 Å². The summed E-state index contributed by atoms with van der Waals surface area (Å²) in [6.45, 7) is 1.93. The number of anilines is 1. The third-order valence-corrected chi connectivity index (χ3v) is 5.59. The minimum atomic E-state index is -2.91. The molecule has 2 aromatic carbocycles. The molecule has 0 amide bonds. The summed E-state index contributed by atoms with van der Waals surface area (Å²) in [6, 6.07) is 9.62. The first-order chi connectivity index (χ1) is 14.3. The van der Waals surface area contributed by atoms with Crippen LogP contribution in [0.25, 0.3) is 11.3 Å². The van der Waals surface area contributed by atoms with E-state index in [2.05, 4.69) is 10.1 Å². The highest BCUT2D eigenvalue weighted by atomic mass is 32.1. The molecule has 1 saturated carbocycles. The number of hydrogen-bond donors (Lipinski definition) is 1. The van der Waals surface area contributed by atoms with Gasteiger partial charge >= 0.3 is 5.97 Å². The van der Waals surface area contributed by atoms with Crippen molar-refractivity contribution in [2.75, 3.05) is 5.01 Å². The Kier molecular flexibility index (Phi) is 5.07. The van der Waals surface area contributed by atoms with Crippen LogP contribution in [0.15, 0.2) is 52.9 Å². The largest absolute Gasteiger partial charge is 0.478 e. The highest BCUT2D eigenvalue weighted by Gasteiger charge is 2.61. The van der Waals surface area contributed by atoms with Gasteiger partial charge in [0, 0.05) is 22.9 Å². The molecule has 0 saturated heterocycles. The van der Waals surface area contributed by atoms with Crippen molar-refractivity contribution in [3.05, 3.63) is 70.4 Å². The molecule has 0 bridgehead atoms. The number of benzene rings is 2. The lowest BCUT2D eigenvalue weighted by atomic mass is 10.1. The van der Waals surface area contributed by atoms with Crippen molar-refractivity contribution in [3.8, 4) is 11.3 Å². The number of hydrogen-bond acceptors (Lipinski definition) is 5. The Balaban J connectivity index is 1.69. The lowest BCUT2D eigenvalue weighted by molar-refractivity contribution is 0.0696. The predicted octanol–water partition coefficient (Wildman–Crippen LogP) is 5.20. The molecule has 154 valence electrons. The van der Waals surface area contributed by atoms with Crippen molar-refractivity contribution in [1.29, 1.82) is 0 Å². The molecule has 0 spiro atoms. The zero-order chi connectivity index (χ0) is 21.5. The van der Waals surface area contributed by atoms with Gasteiger partial charge in [-0.1, -0.05) is 24.3 Å². The number of aryl methyl sites for hydroxylation is 1. The summed E-state index contributed by atoms with van der Waals surface area (Å²) in [7, 11) is 0. The van der Waals surface area contributed by atoms with Gasteiger partial charge in [0.25, 0.3) is 5.92 Å². The van der Waals surface area contributed by atoms with Crippen LogP contribution >= 0.6 is 11.3 Å². The molecule has 1 N–H and O–H groups in total. The topological polar surface area (TPSA) is 65.8 Å². The summed E-state index contributed by atoms with van der Waals surface area (Å²) in [6.07, 6.45) is 0.769. The molecule has 9 heteroatoms. The molecule has 1 unspecified atom stereocenters. The average Bonchev–Trinajstić information content (AvgIpc) is 3.10. The fraction of sp³-hybridized carbons (Fsp3) is 0.190. The molecule has 1 aliphatic carbocycles. The molecule has 1 atom stereocenters. The van der Waals surface area contributed by atoms with Crippen molar-refractivity contribution >= 4 is 28.7 Å². The fourth-order valence-corrected chi connectivity index (χ4v) is 3.86. The van der Waals surface area contributed by atoms with Crippen LogP contribution in [-0.4, -0.2) is 34.2 Å². The standard InChI is InChI=1S/C21H16F3N3O2S/c1-12-4-2-3-5-15(12)17-11-30-20(26-17)27(18-9-21(18,23)24)25-10-13-6-7-14(22)8-16(13)19(28)29/h2-8,10-11,18H,9H2,1H3,(H,28,29)/b25-10+. The number of rotatable bonds is 6. The SMILES string of the molecule is Cc1ccccc1-c1csc(N(/N=C/c2ccc(F)cc2C(=O)O)C2CC2(F)F)n1. The summed E-state index contributed by atoms with van der Waals surface area (Å²) in [5.74, 6) is -4.96. The number of halogens is 3. The van der Waals surface area contributed by atoms with Gasteiger partial charge in [0.15, 0.2) is 0 Å². The Labute approximate surface area is 174 Å². The number of aromatic carboxylic acids is 1. The van der Waals surface area contributed by atoms with Crippen molar-refractivity contribution < 1.29 is 23.1 Å². The number of carboxylic acids is 1. The number of carbonyl (C=O) groups is 1. The summed E-state index contributed by atoms with van der Waals surface area (Å²) in [4.78, 5) is 15.8. The van der Waals surface area contributed by atoms with Gasteiger partial charge in [-0.25, -0.2) is 28.0 Å². The van der Waals surface area contributed by atoms with E-state index in [-0.39, 0.29) is 22.7 Å². The summed E-state index contributed by atoms with van der Waals surface area (Å²) < 4.78 is 41.0. The van der Waals surface area contributed by atoms with Crippen molar-refractivity contribution in [2.24, 2.45) is 5.10 Å². The van der Waals surface area contributed by atoms with Gasteiger partial charge in [-0.05, 0) is 30.7 Å². The van der Waals surface area contributed by atoms with Crippen LogP contribution in [0.3, 0.4) is 0 Å². The lowest BCUT2D eigenvalue weighted by Crippen LogP contribution is -2.24. The average molecular weight is 431 g/mol. The normalized spacial score (nSPS) is 17.3.